The van der Waals surface area contributed by atoms with Crippen LogP contribution >= 0.6 is 0 Å². The van der Waals surface area contributed by atoms with Crippen LogP contribution in [-0.4, -0.2) is 36.9 Å². The molecule has 2 aromatic rings. The van der Waals surface area contributed by atoms with Gasteiger partial charge in [0.05, 0.1) is 12.8 Å². The Morgan fingerprint density at radius 1 is 1.04 bits per heavy atom. The van der Waals surface area contributed by atoms with Gasteiger partial charge in [-0.3, -0.25) is 4.79 Å². The van der Waals surface area contributed by atoms with Crippen LogP contribution < -0.4 is 0 Å². The van der Waals surface area contributed by atoms with Gasteiger partial charge in [0.15, 0.2) is 0 Å². The molecule has 23 heavy (non-hydrogen) atoms. The van der Waals surface area contributed by atoms with Crippen molar-refractivity contribution in [3.63, 3.8) is 0 Å². The molecule has 3 rings (SSSR count). The number of hydrogen-bond acceptors (Lipinski definition) is 4. The minimum atomic E-state index is -0.273. The topological polar surface area (TPSA) is 41.9 Å². The van der Waals surface area contributed by atoms with Crippen molar-refractivity contribution >= 4 is 17.5 Å². The van der Waals surface area contributed by atoms with E-state index >= 15 is 0 Å². The smallest absolute Gasteiger partial charge is 0.325 e. The predicted molar refractivity (Wildman–Crippen MR) is 91.0 cm³/mol. The molecule has 0 spiro atoms. The molecule has 0 aromatic heterocycles. The first-order valence-electron chi connectivity index (χ1n) is 7.49. The van der Waals surface area contributed by atoms with E-state index in [9.17, 15) is 4.79 Å². The number of carbonyl (C=O) groups excluding carboxylic acids is 1. The molecular formula is C19H18N2O2. The molecule has 0 fully saturated rings. The summed E-state index contributed by atoms with van der Waals surface area (Å²) in [5.41, 5.74) is 2.97. The SMILES string of the molecule is COC(=O)CN1CC=C(c2ccccc2)N=C1c1ccccc1. The van der Waals surface area contributed by atoms with Crippen molar-refractivity contribution < 1.29 is 9.53 Å². The third kappa shape index (κ3) is 3.48. The Bertz CT molecular complexity index is 736. The molecule has 0 N–H and O–H groups in total. The van der Waals surface area contributed by atoms with E-state index in [0.717, 1.165) is 22.7 Å². The lowest BCUT2D eigenvalue weighted by molar-refractivity contribution is -0.140. The maximum atomic E-state index is 11.7. The number of hydrogen-bond donors (Lipinski definition) is 0. The van der Waals surface area contributed by atoms with Crippen molar-refractivity contribution in [1.82, 2.24) is 4.90 Å². The molecule has 4 nitrogen and oxygen atoms in total. The van der Waals surface area contributed by atoms with E-state index in [4.69, 9.17) is 9.73 Å². The highest BCUT2D eigenvalue weighted by Gasteiger charge is 2.20. The van der Waals surface area contributed by atoms with E-state index in [-0.39, 0.29) is 12.5 Å². The van der Waals surface area contributed by atoms with Crippen molar-refractivity contribution in [2.75, 3.05) is 20.2 Å². The van der Waals surface area contributed by atoms with Gasteiger partial charge in [-0.05, 0) is 11.6 Å². The van der Waals surface area contributed by atoms with E-state index in [1.165, 1.54) is 7.11 Å². The van der Waals surface area contributed by atoms with E-state index in [2.05, 4.69) is 0 Å². The number of methoxy groups -OCH3 is 1. The zero-order valence-corrected chi connectivity index (χ0v) is 13.0. The highest BCUT2D eigenvalue weighted by Crippen LogP contribution is 2.22. The Kier molecular flexibility index (Phi) is 4.52. The fourth-order valence-electron chi connectivity index (χ4n) is 2.50. The van der Waals surface area contributed by atoms with E-state index < -0.39 is 0 Å². The number of esters is 1. The first-order valence-corrected chi connectivity index (χ1v) is 7.49. The minimum absolute atomic E-state index is 0.183. The number of nitrogens with zero attached hydrogens (tertiary/aromatic N) is 2. The van der Waals surface area contributed by atoms with Crippen LogP contribution in [0.15, 0.2) is 71.7 Å². The number of ether oxygens (including phenoxy) is 1. The van der Waals surface area contributed by atoms with Gasteiger partial charge in [0.2, 0.25) is 0 Å². The van der Waals surface area contributed by atoms with Gasteiger partial charge in [0, 0.05) is 12.1 Å². The number of rotatable bonds is 4. The molecule has 0 bridgehead atoms. The van der Waals surface area contributed by atoms with Crippen molar-refractivity contribution in [2.24, 2.45) is 4.99 Å². The van der Waals surface area contributed by atoms with Crippen molar-refractivity contribution in [3.05, 3.63) is 77.9 Å². The number of carbonyl (C=O) groups is 1. The Balaban J connectivity index is 1.96. The van der Waals surface area contributed by atoms with Crippen LogP contribution in [-0.2, 0) is 9.53 Å². The molecule has 0 unspecified atom stereocenters. The second-order valence-corrected chi connectivity index (χ2v) is 5.21. The summed E-state index contributed by atoms with van der Waals surface area (Å²) in [6.45, 7) is 0.801. The molecule has 0 aliphatic carbocycles. The molecule has 0 saturated heterocycles. The predicted octanol–water partition coefficient (Wildman–Crippen LogP) is 2.96. The van der Waals surface area contributed by atoms with Gasteiger partial charge in [-0.1, -0.05) is 60.7 Å². The molecular weight excluding hydrogens is 288 g/mol. The number of amidine groups is 1. The molecule has 116 valence electrons. The summed E-state index contributed by atoms with van der Waals surface area (Å²) in [6.07, 6.45) is 2.03. The van der Waals surface area contributed by atoms with E-state index in [1.807, 2.05) is 71.6 Å². The van der Waals surface area contributed by atoms with Crippen LogP contribution in [0.3, 0.4) is 0 Å². The first-order chi connectivity index (χ1) is 11.3. The summed E-state index contributed by atoms with van der Waals surface area (Å²) in [7, 11) is 1.40. The Morgan fingerprint density at radius 2 is 1.65 bits per heavy atom. The molecule has 0 radical (unpaired) electrons. The lowest BCUT2D eigenvalue weighted by atomic mass is 10.1. The van der Waals surface area contributed by atoms with Gasteiger partial charge < -0.3 is 9.64 Å². The second-order valence-electron chi connectivity index (χ2n) is 5.21. The molecule has 4 heteroatoms. The summed E-state index contributed by atoms with van der Waals surface area (Å²) >= 11 is 0. The molecule has 0 atom stereocenters. The zero-order valence-electron chi connectivity index (χ0n) is 13.0. The van der Waals surface area contributed by atoms with Gasteiger partial charge in [-0.2, -0.15) is 0 Å². The van der Waals surface area contributed by atoms with Gasteiger partial charge in [0.25, 0.3) is 0 Å². The average molecular weight is 306 g/mol. The quantitative estimate of drug-likeness (QED) is 0.816. The summed E-state index contributed by atoms with van der Waals surface area (Å²) < 4.78 is 4.79. The summed E-state index contributed by atoms with van der Waals surface area (Å²) in [6, 6.07) is 19.9. The lowest BCUT2D eigenvalue weighted by Gasteiger charge is -2.27. The first kappa shape index (κ1) is 15.0. The Morgan fingerprint density at radius 3 is 2.26 bits per heavy atom. The molecule has 1 heterocycles. The maximum Gasteiger partial charge on any atom is 0.325 e. The Labute approximate surface area is 135 Å². The van der Waals surface area contributed by atoms with Gasteiger partial charge >= 0.3 is 5.97 Å². The molecule has 1 aliphatic rings. The van der Waals surface area contributed by atoms with Crippen LogP contribution in [0.1, 0.15) is 11.1 Å². The third-order valence-corrected chi connectivity index (χ3v) is 3.68. The summed E-state index contributed by atoms with van der Waals surface area (Å²) in [4.78, 5) is 18.4. The molecule has 2 aromatic carbocycles. The average Bonchev–Trinajstić information content (AvgIpc) is 2.63. The molecule has 0 saturated carbocycles. The van der Waals surface area contributed by atoms with Crippen molar-refractivity contribution in [2.45, 2.75) is 0 Å². The fraction of sp³-hybridized carbons (Fsp3) is 0.158. The Hall–Kier alpha value is -2.88. The fourth-order valence-corrected chi connectivity index (χ4v) is 2.50. The highest BCUT2D eigenvalue weighted by molar-refractivity contribution is 6.04. The van der Waals surface area contributed by atoms with Crippen LogP contribution in [0.2, 0.25) is 0 Å². The minimum Gasteiger partial charge on any atom is -0.468 e. The maximum absolute atomic E-state index is 11.7. The third-order valence-electron chi connectivity index (χ3n) is 3.68. The molecule has 0 amide bonds. The summed E-state index contributed by atoms with van der Waals surface area (Å²) in [5.74, 6) is 0.516. The molecule has 1 aliphatic heterocycles. The van der Waals surface area contributed by atoms with Crippen molar-refractivity contribution in [1.29, 1.82) is 0 Å². The largest absolute Gasteiger partial charge is 0.468 e. The monoisotopic (exact) mass is 306 g/mol. The number of aliphatic imine (C=N–C) groups is 1. The van der Waals surface area contributed by atoms with Gasteiger partial charge in [-0.15, -0.1) is 0 Å². The standard InChI is InChI=1S/C19H18N2O2/c1-23-18(22)14-21-13-12-17(15-8-4-2-5-9-15)20-19(21)16-10-6-3-7-11-16/h2-12H,13-14H2,1H3. The lowest BCUT2D eigenvalue weighted by Crippen LogP contribution is -2.38. The van der Waals surface area contributed by atoms with Crippen molar-refractivity contribution in [3.8, 4) is 0 Å². The zero-order chi connectivity index (χ0) is 16.1. The summed E-state index contributed by atoms with van der Waals surface area (Å²) in [5, 5.41) is 0. The van der Waals surface area contributed by atoms with Crippen LogP contribution in [0.4, 0.5) is 0 Å². The van der Waals surface area contributed by atoms with Crippen LogP contribution in [0, 0.1) is 0 Å². The van der Waals surface area contributed by atoms with Crippen LogP contribution in [0.25, 0.3) is 5.70 Å². The highest BCUT2D eigenvalue weighted by atomic mass is 16.5. The van der Waals surface area contributed by atoms with Gasteiger partial charge in [-0.25, -0.2) is 4.99 Å². The second kappa shape index (κ2) is 6.92. The van der Waals surface area contributed by atoms with Crippen LogP contribution in [0.5, 0.6) is 0 Å². The van der Waals surface area contributed by atoms with E-state index in [0.29, 0.717) is 6.54 Å². The van der Waals surface area contributed by atoms with E-state index in [1.54, 1.807) is 0 Å². The van der Waals surface area contributed by atoms with Gasteiger partial charge in [0.1, 0.15) is 12.4 Å². The number of benzene rings is 2. The normalized spacial score (nSPS) is 14.0.